The van der Waals surface area contributed by atoms with Crippen molar-refractivity contribution in [2.24, 2.45) is 5.41 Å². The van der Waals surface area contributed by atoms with Gasteiger partial charge in [0.2, 0.25) is 0 Å². The Balaban J connectivity index is 1.98. The first-order chi connectivity index (χ1) is 13.1. The number of aliphatic carboxylic acids is 1. The molecule has 10 heteroatoms. The molecule has 1 heterocycles. The molecule has 3 amide bonds. The fraction of sp³-hybridized carbons (Fsp3) is 0.611. The summed E-state index contributed by atoms with van der Waals surface area (Å²) in [5.74, 6) is -2.92. The van der Waals surface area contributed by atoms with Gasteiger partial charge in [-0.1, -0.05) is 6.08 Å². The molecule has 154 valence electrons. The van der Waals surface area contributed by atoms with Crippen molar-refractivity contribution in [3.8, 4) is 0 Å². The lowest BCUT2D eigenvalue weighted by molar-refractivity contribution is -0.205. The number of likely N-dealkylation sites (N-methyl/N-ethyl adjacent to an activating group) is 1. The maximum atomic E-state index is 12.6. The Bertz CT molecular complexity index is 688. The second-order valence-corrected chi connectivity index (χ2v) is 7.20. The van der Waals surface area contributed by atoms with Gasteiger partial charge in [-0.2, -0.15) is 0 Å². The van der Waals surface area contributed by atoms with Gasteiger partial charge in [0.05, 0.1) is 5.41 Å². The van der Waals surface area contributed by atoms with Crippen LogP contribution in [-0.4, -0.2) is 64.6 Å². The molecule has 2 atom stereocenters. The van der Waals surface area contributed by atoms with Gasteiger partial charge in [-0.05, 0) is 38.7 Å². The van der Waals surface area contributed by atoms with E-state index in [9.17, 15) is 24.0 Å². The molecule has 1 aliphatic heterocycles. The number of hydrogen-bond donors (Lipinski definition) is 1. The Kier molecular flexibility index (Phi) is 6.76. The second kappa shape index (κ2) is 8.85. The number of rotatable bonds is 5. The fourth-order valence-corrected chi connectivity index (χ4v) is 2.97. The second-order valence-electron chi connectivity index (χ2n) is 7.20. The minimum absolute atomic E-state index is 0.0213. The summed E-state index contributed by atoms with van der Waals surface area (Å²) in [6, 6.07) is 0. The van der Waals surface area contributed by atoms with Crippen LogP contribution in [0.3, 0.4) is 0 Å². The van der Waals surface area contributed by atoms with E-state index in [1.165, 1.54) is 7.05 Å². The van der Waals surface area contributed by atoms with Crippen LogP contribution in [0.2, 0.25) is 0 Å². The van der Waals surface area contributed by atoms with Gasteiger partial charge in [0.1, 0.15) is 12.6 Å². The van der Waals surface area contributed by atoms with Gasteiger partial charge < -0.3 is 19.6 Å². The van der Waals surface area contributed by atoms with Crippen LogP contribution >= 0.6 is 0 Å². The Morgan fingerprint density at radius 1 is 1.25 bits per heavy atom. The number of carboxylic acids is 1. The minimum atomic E-state index is -1.16. The SMILES string of the molecule is CN(CC(=O)O)C(=O)O[C@@H]1/C=C/CC[C@](C)(C(=O)ON2C(=O)CCC2=O)CC1. The molecule has 2 rings (SSSR count). The van der Waals surface area contributed by atoms with E-state index in [2.05, 4.69) is 0 Å². The van der Waals surface area contributed by atoms with E-state index in [0.717, 1.165) is 4.90 Å². The Morgan fingerprint density at radius 2 is 1.89 bits per heavy atom. The van der Waals surface area contributed by atoms with Crippen LogP contribution in [0.5, 0.6) is 0 Å². The zero-order valence-corrected chi connectivity index (χ0v) is 15.9. The van der Waals surface area contributed by atoms with E-state index < -0.39 is 47.9 Å². The standard InChI is InChI=1S/C18H24N2O8/c1-18(16(25)28-20-13(21)6-7-14(20)22)9-4-3-5-12(8-10-18)27-17(26)19(2)11-15(23)24/h3,5,12H,4,6-11H2,1-2H3,(H,23,24)/b5-3+/t12-,18+/m1/s1. The van der Waals surface area contributed by atoms with Crippen molar-refractivity contribution < 1.29 is 38.7 Å². The molecular weight excluding hydrogens is 372 g/mol. The monoisotopic (exact) mass is 396 g/mol. The number of imide groups is 1. The first-order valence-electron chi connectivity index (χ1n) is 9.01. The Morgan fingerprint density at radius 3 is 2.50 bits per heavy atom. The molecule has 1 saturated heterocycles. The quantitative estimate of drug-likeness (QED) is 0.543. The summed E-state index contributed by atoms with van der Waals surface area (Å²) in [4.78, 5) is 64.6. The molecule has 0 radical (unpaired) electrons. The highest BCUT2D eigenvalue weighted by Crippen LogP contribution is 2.34. The highest BCUT2D eigenvalue weighted by atomic mass is 16.7. The molecule has 0 aromatic heterocycles. The van der Waals surface area contributed by atoms with E-state index in [1.54, 1.807) is 19.1 Å². The first kappa shape index (κ1) is 21.4. The maximum absolute atomic E-state index is 12.6. The summed E-state index contributed by atoms with van der Waals surface area (Å²) < 4.78 is 5.30. The van der Waals surface area contributed by atoms with Crippen molar-refractivity contribution in [1.29, 1.82) is 0 Å². The van der Waals surface area contributed by atoms with Crippen molar-refractivity contribution in [2.45, 2.75) is 51.6 Å². The van der Waals surface area contributed by atoms with Gasteiger partial charge in [-0.15, -0.1) is 5.06 Å². The molecule has 1 aliphatic carbocycles. The van der Waals surface area contributed by atoms with Crippen molar-refractivity contribution >= 4 is 29.8 Å². The van der Waals surface area contributed by atoms with E-state index in [-0.39, 0.29) is 12.8 Å². The van der Waals surface area contributed by atoms with Gasteiger partial charge in [-0.25, -0.2) is 9.59 Å². The smallest absolute Gasteiger partial charge is 0.410 e. The summed E-state index contributed by atoms with van der Waals surface area (Å²) in [6.45, 7) is 1.19. The van der Waals surface area contributed by atoms with Crippen molar-refractivity contribution in [1.82, 2.24) is 9.96 Å². The molecule has 10 nitrogen and oxygen atoms in total. The number of ether oxygens (including phenoxy) is 1. The summed E-state index contributed by atoms with van der Waals surface area (Å²) in [5, 5.41) is 9.27. The third kappa shape index (κ3) is 5.30. The van der Waals surface area contributed by atoms with Crippen LogP contribution in [0, 0.1) is 5.41 Å². The molecular formula is C18H24N2O8. The first-order valence-corrected chi connectivity index (χ1v) is 9.01. The van der Waals surface area contributed by atoms with Crippen LogP contribution in [0.25, 0.3) is 0 Å². The molecule has 0 spiro atoms. The van der Waals surface area contributed by atoms with Crippen LogP contribution in [0.4, 0.5) is 4.79 Å². The van der Waals surface area contributed by atoms with Crippen LogP contribution < -0.4 is 0 Å². The number of hydrogen-bond acceptors (Lipinski definition) is 7. The van der Waals surface area contributed by atoms with Crippen LogP contribution in [-0.2, 0) is 28.8 Å². The van der Waals surface area contributed by atoms with Gasteiger partial charge in [0.25, 0.3) is 11.8 Å². The number of hydroxylamine groups is 2. The molecule has 0 aromatic rings. The number of carboxylic acid groups (broad SMARTS) is 1. The van der Waals surface area contributed by atoms with Crippen molar-refractivity contribution in [3.63, 3.8) is 0 Å². The Labute approximate surface area is 162 Å². The molecule has 0 bridgehead atoms. The largest absolute Gasteiger partial charge is 0.480 e. The molecule has 2 aliphatic rings. The minimum Gasteiger partial charge on any atom is -0.480 e. The third-order valence-electron chi connectivity index (χ3n) is 4.80. The fourth-order valence-electron chi connectivity index (χ4n) is 2.97. The average molecular weight is 396 g/mol. The van der Waals surface area contributed by atoms with E-state index >= 15 is 0 Å². The average Bonchev–Trinajstić information content (AvgIpc) is 2.92. The number of amides is 3. The zero-order chi connectivity index (χ0) is 20.9. The van der Waals surface area contributed by atoms with E-state index in [0.29, 0.717) is 30.7 Å². The molecule has 1 N–H and O–H groups in total. The van der Waals surface area contributed by atoms with E-state index in [4.69, 9.17) is 14.7 Å². The lowest BCUT2D eigenvalue weighted by Gasteiger charge is -2.31. The van der Waals surface area contributed by atoms with Gasteiger partial charge in [0.15, 0.2) is 0 Å². The van der Waals surface area contributed by atoms with Crippen molar-refractivity contribution in [2.75, 3.05) is 13.6 Å². The maximum Gasteiger partial charge on any atom is 0.410 e. The molecule has 0 unspecified atom stereocenters. The van der Waals surface area contributed by atoms with Gasteiger partial charge in [-0.3, -0.25) is 14.4 Å². The lowest BCUT2D eigenvalue weighted by atomic mass is 9.79. The van der Waals surface area contributed by atoms with Gasteiger partial charge >= 0.3 is 18.0 Å². The molecule has 0 saturated carbocycles. The summed E-state index contributed by atoms with van der Waals surface area (Å²) in [5.41, 5.74) is -0.967. The highest BCUT2D eigenvalue weighted by Gasteiger charge is 2.41. The lowest BCUT2D eigenvalue weighted by Crippen LogP contribution is -2.40. The number of nitrogens with zero attached hydrogens (tertiary/aromatic N) is 2. The summed E-state index contributed by atoms with van der Waals surface area (Å²) in [7, 11) is 1.31. The van der Waals surface area contributed by atoms with E-state index in [1.807, 2.05) is 0 Å². The predicted octanol–water partition coefficient (Wildman–Crippen LogP) is 1.25. The highest BCUT2D eigenvalue weighted by molar-refractivity contribution is 6.01. The topological polar surface area (TPSA) is 131 Å². The third-order valence-corrected chi connectivity index (χ3v) is 4.80. The number of carbonyl (C=O) groups excluding carboxylic acids is 4. The zero-order valence-electron chi connectivity index (χ0n) is 15.9. The van der Waals surface area contributed by atoms with Gasteiger partial charge in [0, 0.05) is 19.9 Å². The number of allylic oxidation sites excluding steroid dienone is 1. The predicted molar refractivity (Wildman–Crippen MR) is 93.4 cm³/mol. The molecule has 0 aromatic carbocycles. The van der Waals surface area contributed by atoms with Crippen LogP contribution in [0.1, 0.15) is 45.4 Å². The normalized spacial score (nSPS) is 26.2. The Hall–Kier alpha value is -2.91. The summed E-state index contributed by atoms with van der Waals surface area (Å²) in [6.07, 6.45) is 3.65. The molecule has 1 fully saturated rings. The van der Waals surface area contributed by atoms with Crippen molar-refractivity contribution in [3.05, 3.63) is 12.2 Å². The number of carbonyl (C=O) groups is 5. The summed E-state index contributed by atoms with van der Waals surface area (Å²) >= 11 is 0. The van der Waals surface area contributed by atoms with Crippen LogP contribution in [0.15, 0.2) is 12.2 Å². The molecule has 28 heavy (non-hydrogen) atoms.